The van der Waals surface area contributed by atoms with Crippen molar-refractivity contribution in [1.82, 2.24) is 4.57 Å². The number of rotatable bonds is 6. The molecule has 3 heterocycles. The molecule has 2 aliphatic rings. The number of anilines is 1. The second kappa shape index (κ2) is 10.5. The average molecular weight is 547 g/mol. The van der Waals surface area contributed by atoms with Crippen LogP contribution in [0.5, 0.6) is 0 Å². The Hall–Kier alpha value is -3.76. The van der Waals surface area contributed by atoms with Gasteiger partial charge >= 0.3 is 5.97 Å². The van der Waals surface area contributed by atoms with Crippen molar-refractivity contribution in [2.45, 2.75) is 31.7 Å². The molecule has 0 aliphatic carbocycles. The van der Waals surface area contributed by atoms with Gasteiger partial charge in [0.05, 0.1) is 39.9 Å². The number of para-hydroxylation sites is 1. The highest BCUT2D eigenvalue weighted by Crippen LogP contribution is 2.32. The molecule has 2 atom stereocenters. The van der Waals surface area contributed by atoms with Gasteiger partial charge in [-0.25, -0.2) is 9.79 Å². The standard InChI is InChI=1S/C28H26N4O4S2/c1-5-36-27(35)23-17(3)29-28-31(24(23)18-11-13-20(37-4)14-12-18)26(34)22(38-28)15-21-16(2)30-32(25(21)33)19-9-7-6-8-10-19/h6-15,21,24H,5H2,1-4H3/b22-15+/t21-,24+/m1/s1. The number of carbonyl (C=O) groups excluding carboxylic acids is 2. The smallest absolute Gasteiger partial charge is 0.338 e. The third-order valence-corrected chi connectivity index (χ3v) is 8.19. The maximum atomic E-state index is 13.8. The third-order valence-electron chi connectivity index (χ3n) is 6.45. The molecule has 0 spiro atoms. The number of fused-ring (bicyclic) bond motifs is 1. The zero-order valence-electron chi connectivity index (χ0n) is 21.4. The molecule has 0 radical (unpaired) electrons. The predicted molar refractivity (Wildman–Crippen MR) is 150 cm³/mol. The second-order valence-corrected chi connectivity index (χ2v) is 10.7. The number of ether oxygens (including phenoxy) is 1. The highest BCUT2D eigenvalue weighted by atomic mass is 32.2. The minimum absolute atomic E-state index is 0.207. The van der Waals surface area contributed by atoms with Gasteiger partial charge in [-0.2, -0.15) is 10.1 Å². The number of hydrazone groups is 1. The van der Waals surface area contributed by atoms with Gasteiger partial charge in [0, 0.05) is 4.90 Å². The van der Waals surface area contributed by atoms with E-state index in [0.717, 1.165) is 10.5 Å². The average Bonchev–Trinajstić information content (AvgIpc) is 3.38. The Morgan fingerprint density at radius 2 is 1.82 bits per heavy atom. The van der Waals surface area contributed by atoms with Gasteiger partial charge in [-0.1, -0.05) is 41.7 Å². The summed E-state index contributed by atoms with van der Waals surface area (Å²) in [5.41, 5.74) is 2.54. The predicted octanol–water partition coefficient (Wildman–Crippen LogP) is 3.51. The van der Waals surface area contributed by atoms with Crippen molar-refractivity contribution in [3.8, 4) is 0 Å². The molecule has 0 bridgehead atoms. The van der Waals surface area contributed by atoms with Crippen molar-refractivity contribution in [2.75, 3.05) is 17.9 Å². The molecule has 38 heavy (non-hydrogen) atoms. The number of carbonyl (C=O) groups is 2. The van der Waals surface area contributed by atoms with Gasteiger partial charge in [-0.3, -0.25) is 14.2 Å². The highest BCUT2D eigenvalue weighted by molar-refractivity contribution is 7.98. The molecule has 2 aliphatic heterocycles. The van der Waals surface area contributed by atoms with E-state index in [1.54, 1.807) is 38.6 Å². The van der Waals surface area contributed by atoms with Crippen molar-refractivity contribution in [3.63, 3.8) is 0 Å². The molecule has 194 valence electrons. The summed E-state index contributed by atoms with van der Waals surface area (Å²) in [5, 5.41) is 5.81. The Labute approximate surface area is 227 Å². The first-order valence-corrected chi connectivity index (χ1v) is 14.2. The van der Waals surface area contributed by atoms with Gasteiger partial charge in [-0.05, 0) is 62.9 Å². The minimum Gasteiger partial charge on any atom is -0.463 e. The molecule has 0 N–H and O–H groups in total. The molecule has 0 saturated heterocycles. The highest BCUT2D eigenvalue weighted by Gasteiger charge is 2.35. The van der Waals surface area contributed by atoms with E-state index in [-0.39, 0.29) is 18.1 Å². The third kappa shape index (κ3) is 4.54. The van der Waals surface area contributed by atoms with Crippen molar-refractivity contribution >= 4 is 52.5 Å². The summed E-state index contributed by atoms with van der Waals surface area (Å²) < 4.78 is 7.26. The lowest BCUT2D eigenvalue weighted by Crippen LogP contribution is -2.40. The summed E-state index contributed by atoms with van der Waals surface area (Å²) in [7, 11) is 0. The maximum Gasteiger partial charge on any atom is 0.338 e. The summed E-state index contributed by atoms with van der Waals surface area (Å²) in [5.74, 6) is -1.41. The number of esters is 1. The number of nitrogens with zero attached hydrogens (tertiary/aromatic N) is 4. The normalized spacial score (nSPS) is 19.4. The molecule has 0 saturated carbocycles. The van der Waals surface area contributed by atoms with Gasteiger partial charge in [0.1, 0.15) is 5.92 Å². The summed E-state index contributed by atoms with van der Waals surface area (Å²) in [6.07, 6.45) is 3.64. The molecule has 10 heteroatoms. The number of aromatic nitrogens is 1. The van der Waals surface area contributed by atoms with Crippen LogP contribution in [0.2, 0.25) is 0 Å². The van der Waals surface area contributed by atoms with Crippen molar-refractivity contribution in [2.24, 2.45) is 16.0 Å². The molecule has 8 nitrogen and oxygen atoms in total. The molecular formula is C28H26N4O4S2. The van der Waals surface area contributed by atoms with Crippen LogP contribution in [-0.2, 0) is 14.3 Å². The van der Waals surface area contributed by atoms with Crippen LogP contribution >= 0.6 is 23.1 Å². The van der Waals surface area contributed by atoms with E-state index in [1.165, 1.54) is 20.9 Å². The first-order chi connectivity index (χ1) is 18.3. The van der Waals surface area contributed by atoms with Crippen LogP contribution in [0.4, 0.5) is 5.69 Å². The van der Waals surface area contributed by atoms with Crippen molar-refractivity contribution < 1.29 is 14.3 Å². The first-order valence-electron chi connectivity index (χ1n) is 12.1. The zero-order valence-corrected chi connectivity index (χ0v) is 23.0. The quantitative estimate of drug-likeness (QED) is 0.349. The van der Waals surface area contributed by atoms with Crippen LogP contribution in [0.15, 0.2) is 85.7 Å². The van der Waals surface area contributed by atoms with Crippen LogP contribution < -0.4 is 19.9 Å². The summed E-state index contributed by atoms with van der Waals surface area (Å²) in [6.45, 7) is 5.48. The van der Waals surface area contributed by atoms with Gasteiger partial charge in [-0.15, -0.1) is 11.8 Å². The number of benzene rings is 2. The van der Waals surface area contributed by atoms with Crippen LogP contribution in [-0.4, -0.2) is 35.0 Å². The van der Waals surface area contributed by atoms with E-state index in [1.807, 2.05) is 60.9 Å². The number of amides is 1. The number of hydrogen-bond acceptors (Lipinski definition) is 8. The monoisotopic (exact) mass is 546 g/mol. The Kier molecular flexibility index (Phi) is 7.18. The SMILES string of the molecule is CCOC(=O)C1=C(C)N=c2s/c(=C/[C@H]3C(=O)N(c4ccccc4)N=C3C)c(=O)n2[C@H]1c1ccc(SC)cc1. The fraction of sp³-hybridized carbons (Fsp3) is 0.250. The van der Waals surface area contributed by atoms with Crippen LogP contribution in [0.3, 0.4) is 0 Å². The Bertz CT molecular complexity index is 1650. The molecular weight excluding hydrogens is 520 g/mol. The molecule has 5 rings (SSSR count). The number of thioether (sulfide) groups is 1. The Morgan fingerprint density at radius 3 is 2.47 bits per heavy atom. The largest absolute Gasteiger partial charge is 0.463 e. The van der Waals surface area contributed by atoms with Crippen molar-refractivity contribution in [1.29, 1.82) is 0 Å². The lowest BCUT2D eigenvalue weighted by Gasteiger charge is -2.24. The Morgan fingerprint density at radius 1 is 1.11 bits per heavy atom. The lowest BCUT2D eigenvalue weighted by atomic mass is 9.96. The second-order valence-electron chi connectivity index (χ2n) is 8.80. The van der Waals surface area contributed by atoms with E-state index >= 15 is 0 Å². The maximum absolute atomic E-state index is 13.8. The van der Waals surface area contributed by atoms with Crippen LogP contribution in [0.25, 0.3) is 6.08 Å². The van der Waals surface area contributed by atoms with Gasteiger partial charge in [0.15, 0.2) is 4.80 Å². The van der Waals surface area contributed by atoms with E-state index in [4.69, 9.17) is 4.74 Å². The molecule has 1 aromatic heterocycles. The Balaban J connectivity index is 1.62. The topological polar surface area (TPSA) is 93.3 Å². The first kappa shape index (κ1) is 25.9. The number of thiazole rings is 1. The van der Waals surface area contributed by atoms with E-state index in [2.05, 4.69) is 10.1 Å². The molecule has 3 aromatic rings. The molecule has 0 fully saturated rings. The molecule has 0 unspecified atom stereocenters. The number of allylic oxidation sites excluding steroid dienone is 1. The van der Waals surface area contributed by atoms with E-state index in [0.29, 0.717) is 32.0 Å². The fourth-order valence-corrected chi connectivity index (χ4v) is 6.05. The minimum atomic E-state index is -0.696. The van der Waals surface area contributed by atoms with E-state index < -0.39 is 17.9 Å². The van der Waals surface area contributed by atoms with Crippen molar-refractivity contribution in [3.05, 3.63) is 91.1 Å². The molecule has 1 amide bonds. The lowest BCUT2D eigenvalue weighted by molar-refractivity contribution is -0.139. The summed E-state index contributed by atoms with van der Waals surface area (Å²) in [6, 6.07) is 16.2. The van der Waals surface area contributed by atoms with E-state index in [9.17, 15) is 14.4 Å². The summed E-state index contributed by atoms with van der Waals surface area (Å²) in [4.78, 5) is 46.3. The zero-order chi connectivity index (χ0) is 27.0. The van der Waals surface area contributed by atoms with Crippen LogP contribution in [0.1, 0.15) is 32.4 Å². The fourth-order valence-electron chi connectivity index (χ4n) is 4.58. The number of hydrogen-bond donors (Lipinski definition) is 0. The summed E-state index contributed by atoms with van der Waals surface area (Å²) >= 11 is 2.81. The van der Waals surface area contributed by atoms with Gasteiger partial charge in [0.25, 0.3) is 11.5 Å². The van der Waals surface area contributed by atoms with Gasteiger partial charge < -0.3 is 4.74 Å². The van der Waals surface area contributed by atoms with Gasteiger partial charge in [0.2, 0.25) is 0 Å². The molecule has 2 aromatic carbocycles. The van der Waals surface area contributed by atoms with Crippen LogP contribution in [0, 0.1) is 5.92 Å².